The highest BCUT2D eigenvalue weighted by molar-refractivity contribution is 5.87. The van der Waals surface area contributed by atoms with Crippen LogP contribution in [-0.4, -0.2) is 0 Å². The molecule has 2 aromatic carbocycles. The maximum atomic E-state index is 13.1. The Labute approximate surface area is 129 Å². The molecule has 0 fully saturated rings. The summed E-state index contributed by atoms with van der Waals surface area (Å²) in [6, 6.07) is 15.2. The van der Waals surface area contributed by atoms with Gasteiger partial charge in [0.2, 0.25) is 5.43 Å². The fourth-order valence-electron chi connectivity index (χ4n) is 2.67. The monoisotopic (exact) mass is 288 g/mol. The van der Waals surface area contributed by atoms with Gasteiger partial charge in [-0.2, -0.15) is 0 Å². The fraction of sp³-hybridized carbons (Fsp3) is 0.150. The molecular formula is C20H16O2. The number of hydrogen-bond donors (Lipinski definition) is 0. The Morgan fingerprint density at radius 1 is 1.05 bits per heavy atom. The van der Waals surface area contributed by atoms with Gasteiger partial charge in [0.1, 0.15) is 11.3 Å². The second-order valence-corrected chi connectivity index (χ2v) is 5.00. The SMILES string of the molecule is CC#Cc1cccc2oc(CC)c(-c3ccccc3)c(=O)c12. The lowest BCUT2D eigenvalue weighted by Crippen LogP contribution is -2.10. The Morgan fingerprint density at radius 3 is 2.50 bits per heavy atom. The molecule has 0 aliphatic rings. The maximum Gasteiger partial charge on any atom is 0.202 e. The maximum absolute atomic E-state index is 13.1. The quantitative estimate of drug-likeness (QED) is 0.654. The molecule has 0 saturated carbocycles. The molecule has 0 spiro atoms. The summed E-state index contributed by atoms with van der Waals surface area (Å²) in [5.74, 6) is 6.57. The van der Waals surface area contributed by atoms with E-state index < -0.39 is 0 Å². The number of benzene rings is 2. The summed E-state index contributed by atoms with van der Waals surface area (Å²) in [4.78, 5) is 13.1. The van der Waals surface area contributed by atoms with Crippen LogP contribution in [0.4, 0.5) is 0 Å². The van der Waals surface area contributed by atoms with E-state index in [0.29, 0.717) is 34.3 Å². The zero-order valence-corrected chi connectivity index (χ0v) is 12.6. The molecule has 0 unspecified atom stereocenters. The zero-order chi connectivity index (χ0) is 15.5. The molecular weight excluding hydrogens is 272 g/mol. The van der Waals surface area contributed by atoms with Crippen LogP contribution in [0.1, 0.15) is 25.2 Å². The molecule has 2 heteroatoms. The first kappa shape index (κ1) is 14.2. The number of fused-ring (bicyclic) bond motifs is 1. The van der Waals surface area contributed by atoms with E-state index in [1.54, 1.807) is 6.92 Å². The van der Waals surface area contributed by atoms with Crippen molar-refractivity contribution >= 4 is 11.0 Å². The minimum absolute atomic E-state index is 0.0114. The molecule has 0 saturated heterocycles. The highest BCUT2D eigenvalue weighted by Gasteiger charge is 2.16. The molecule has 2 nitrogen and oxygen atoms in total. The van der Waals surface area contributed by atoms with Crippen molar-refractivity contribution in [3.05, 3.63) is 70.1 Å². The van der Waals surface area contributed by atoms with Crippen LogP contribution >= 0.6 is 0 Å². The fourth-order valence-corrected chi connectivity index (χ4v) is 2.67. The van der Waals surface area contributed by atoms with Crippen LogP contribution in [-0.2, 0) is 6.42 Å². The highest BCUT2D eigenvalue weighted by atomic mass is 16.3. The van der Waals surface area contributed by atoms with Gasteiger partial charge >= 0.3 is 0 Å². The first-order chi connectivity index (χ1) is 10.8. The van der Waals surface area contributed by atoms with Gasteiger partial charge in [-0.05, 0) is 24.6 Å². The summed E-state index contributed by atoms with van der Waals surface area (Å²) in [5.41, 5.74) is 2.83. The minimum atomic E-state index is -0.0114. The van der Waals surface area contributed by atoms with Crippen LogP contribution in [0.2, 0.25) is 0 Å². The summed E-state index contributed by atoms with van der Waals surface area (Å²) in [7, 11) is 0. The van der Waals surface area contributed by atoms with E-state index in [2.05, 4.69) is 11.8 Å². The Morgan fingerprint density at radius 2 is 1.82 bits per heavy atom. The van der Waals surface area contributed by atoms with Gasteiger partial charge in [-0.15, -0.1) is 5.92 Å². The average Bonchev–Trinajstić information content (AvgIpc) is 2.55. The summed E-state index contributed by atoms with van der Waals surface area (Å²) >= 11 is 0. The van der Waals surface area contributed by atoms with Gasteiger partial charge in [0.25, 0.3) is 0 Å². The molecule has 0 atom stereocenters. The average molecular weight is 288 g/mol. The van der Waals surface area contributed by atoms with Crippen LogP contribution in [0.3, 0.4) is 0 Å². The highest BCUT2D eigenvalue weighted by Crippen LogP contribution is 2.26. The zero-order valence-electron chi connectivity index (χ0n) is 12.6. The van der Waals surface area contributed by atoms with Crippen molar-refractivity contribution in [2.24, 2.45) is 0 Å². The predicted molar refractivity (Wildman–Crippen MR) is 89.9 cm³/mol. The summed E-state index contributed by atoms with van der Waals surface area (Å²) < 4.78 is 6.00. The van der Waals surface area contributed by atoms with Crippen molar-refractivity contribution in [1.29, 1.82) is 0 Å². The predicted octanol–water partition coefficient (Wildman–Crippen LogP) is 4.39. The summed E-state index contributed by atoms with van der Waals surface area (Å²) in [6.07, 6.45) is 0.666. The van der Waals surface area contributed by atoms with Gasteiger partial charge in [0, 0.05) is 12.0 Å². The van der Waals surface area contributed by atoms with Gasteiger partial charge < -0.3 is 4.42 Å². The second kappa shape index (κ2) is 5.91. The largest absolute Gasteiger partial charge is 0.460 e. The molecule has 0 aliphatic heterocycles. The molecule has 0 N–H and O–H groups in total. The Balaban J connectivity index is 2.46. The van der Waals surface area contributed by atoms with E-state index in [1.807, 2.05) is 55.5 Å². The van der Waals surface area contributed by atoms with Crippen LogP contribution < -0.4 is 5.43 Å². The van der Waals surface area contributed by atoms with Gasteiger partial charge in [0.05, 0.1) is 10.9 Å². The van der Waals surface area contributed by atoms with Crippen molar-refractivity contribution in [3.63, 3.8) is 0 Å². The lowest BCUT2D eigenvalue weighted by atomic mass is 9.99. The Bertz CT molecular complexity index is 938. The topological polar surface area (TPSA) is 30.2 Å². The molecule has 3 rings (SSSR count). The van der Waals surface area contributed by atoms with Crippen molar-refractivity contribution in [2.75, 3.05) is 0 Å². The van der Waals surface area contributed by atoms with Gasteiger partial charge in [-0.1, -0.05) is 49.2 Å². The Kier molecular flexibility index (Phi) is 3.80. The Hall–Kier alpha value is -2.79. The third-order valence-corrected chi connectivity index (χ3v) is 3.64. The summed E-state index contributed by atoms with van der Waals surface area (Å²) in [6.45, 7) is 3.76. The molecule has 0 radical (unpaired) electrons. The molecule has 1 aromatic heterocycles. The standard InChI is InChI=1S/C20H16O2/c1-3-9-14-12-8-13-17-19(14)20(21)18(16(4-2)22-17)15-10-6-5-7-11-15/h5-8,10-13H,4H2,1-2H3. The minimum Gasteiger partial charge on any atom is -0.460 e. The van der Waals surface area contributed by atoms with Crippen LogP contribution in [0.5, 0.6) is 0 Å². The van der Waals surface area contributed by atoms with Crippen molar-refractivity contribution < 1.29 is 4.42 Å². The summed E-state index contributed by atoms with van der Waals surface area (Å²) in [5, 5.41) is 0.563. The van der Waals surface area contributed by atoms with Gasteiger partial charge in [-0.25, -0.2) is 0 Å². The van der Waals surface area contributed by atoms with Crippen molar-refractivity contribution in [1.82, 2.24) is 0 Å². The molecule has 0 aliphatic carbocycles. The van der Waals surface area contributed by atoms with Gasteiger partial charge in [-0.3, -0.25) is 4.79 Å². The smallest absolute Gasteiger partial charge is 0.202 e. The van der Waals surface area contributed by atoms with Crippen LogP contribution in [0.25, 0.3) is 22.1 Å². The first-order valence-electron chi connectivity index (χ1n) is 7.33. The molecule has 0 bridgehead atoms. The lowest BCUT2D eigenvalue weighted by molar-refractivity contribution is 0.546. The van der Waals surface area contributed by atoms with E-state index in [1.165, 1.54) is 0 Å². The van der Waals surface area contributed by atoms with Crippen LogP contribution in [0, 0.1) is 11.8 Å². The third-order valence-electron chi connectivity index (χ3n) is 3.64. The number of aryl methyl sites for hydroxylation is 1. The normalized spacial score (nSPS) is 10.3. The van der Waals surface area contributed by atoms with E-state index in [-0.39, 0.29) is 5.43 Å². The molecule has 0 amide bonds. The van der Waals surface area contributed by atoms with Gasteiger partial charge in [0.15, 0.2) is 0 Å². The number of rotatable bonds is 2. The lowest BCUT2D eigenvalue weighted by Gasteiger charge is -2.09. The van der Waals surface area contributed by atoms with E-state index in [4.69, 9.17) is 4.42 Å². The molecule has 3 aromatic rings. The van der Waals surface area contributed by atoms with E-state index >= 15 is 0 Å². The molecule has 22 heavy (non-hydrogen) atoms. The van der Waals surface area contributed by atoms with Crippen molar-refractivity contribution in [2.45, 2.75) is 20.3 Å². The van der Waals surface area contributed by atoms with E-state index in [0.717, 1.165) is 5.56 Å². The first-order valence-corrected chi connectivity index (χ1v) is 7.33. The molecule has 1 heterocycles. The second-order valence-electron chi connectivity index (χ2n) is 5.00. The molecule has 108 valence electrons. The van der Waals surface area contributed by atoms with E-state index in [9.17, 15) is 4.79 Å². The number of hydrogen-bond acceptors (Lipinski definition) is 2. The third kappa shape index (κ3) is 2.31. The van der Waals surface area contributed by atoms with Crippen LogP contribution in [0.15, 0.2) is 57.7 Å². The van der Waals surface area contributed by atoms with Crippen molar-refractivity contribution in [3.8, 4) is 23.0 Å².